The summed E-state index contributed by atoms with van der Waals surface area (Å²) >= 11 is 7.21. The molecule has 1 saturated heterocycles. The monoisotopic (exact) mass is 431 g/mol. The zero-order valence-corrected chi connectivity index (χ0v) is 17.1. The highest BCUT2D eigenvalue weighted by Crippen LogP contribution is 2.32. The van der Waals surface area contributed by atoms with Crippen molar-refractivity contribution in [2.24, 2.45) is 0 Å². The Morgan fingerprint density at radius 1 is 1.31 bits per heavy atom. The van der Waals surface area contributed by atoms with Crippen LogP contribution in [0.25, 0.3) is 5.69 Å². The number of hydrogen-bond acceptors (Lipinski definition) is 5. The number of hydrogen-bond donors (Lipinski definition) is 2. The van der Waals surface area contributed by atoms with Gasteiger partial charge in [-0.25, -0.2) is 18.1 Å². The number of carbonyl (C=O) groups is 1. The molecule has 2 unspecified atom stereocenters. The van der Waals surface area contributed by atoms with Crippen LogP contribution in [-0.4, -0.2) is 33.1 Å². The molecular formula is C20H19ClFN5OS. The molecule has 6 nitrogen and oxygen atoms in total. The summed E-state index contributed by atoms with van der Waals surface area (Å²) in [7, 11) is 1.86. The molecule has 0 saturated carbocycles. The molecule has 9 heteroatoms. The fourth-order valence-electron chi connectivity index (χ4n) is 3.21. The van der Waals surface area contributed by atoms with Gasteiger partial charge < -0.3 is 5.32 Å². The van der Waals surface area contributed by atoms with Gasteiger partial charge in [-0.15, -0.1) is 0 Å². The van der Waals surface area contributed by atoms with E-state index < -0.39 is 5.82 Å². The molecule has 3 aromatic rings. The molecule has 1 amide bonds. The summed E-state index contributed by atoms with van der Waals surface area (Å²) in [5, 5.41) is 7.07. The first-order valence-electron chi connectivity index (χ1n) is 9.02. The zero-order valence-electron chi connectivity index (χ0n) is 15.5. The van der Waals surface area contributed by atoms with Crippen LogP contribution in [0.1, 0.15) is 18.0 Å². The molecule has 0 radical (unpaired) electrons. The Bertz CT molecular complexity index is 1020. The van der Waals surface area contributed by atoms with Crippen molar-refractivity contribution in [3.63, 3.8) is 0 Å². The average molecular weight is 432 g/mol. The highest BCUT2D eigenvalue weighted by atomic mass is 35.5. The van der Waals surface area contributed by atoms with E-state index in [1.165, 1.54) is 30.3 Å². The van der Waals surface area contributed by atoms with Crippen LogP contribution in [0, 0.1) is 5.82 Å². The van der Waals surface area contributed by atoms with Crippen LogP contribution in [0.4, 0.5) is 10.1 Å². The number of likely N-dealkylation sites (N-methyl/N-ethyl adjacent to an activating group) is 1. The molecule has 0 aliphatic carbocycles. The lowest BCUT2D eigenvalue weighted by molar-refractivity contribution is -0.119. The van der Waals surface area contributed by atoms with Crippen LogP contribution in [-0.2, 0) is 4.79 Å². The lowest BCUT2D eigenvalue weighted by atomic mass is 9.99. The molecule has 1 aliphatic heterocycles. The van der Waals surface area contributed by atoms with Crippen molar-refractivity contribution in [2.45, 2.75) is 18.5 Å². The van der Waals surface area contributed by atoms with Crippen molar-refractivity contribution >= 4 is 35.3 Å². The Balaban J connectivity index is 1.50. The van der Waals surface area contributed by atoms with Gasteiger partial charge in [-0.2, -0.15) is 5.10 Å². The van der Waals surface area contributed by atoms with E-state index in [0.717, 1.165) is 11.3 Å². The summed E-state index contributed by atoms with van der Waals surface area (Å²) in [4.78, 5) is 12.9. The van der Waals surface area contributed by atoms with Crippen LogP contribution < -0.4 is 10.0 Å². The lowest BCUT2D eigenvalue weighted by Gasteiger charge is -2.35. The van der Waals surface area contributed by atoms with E-state index in [4.69, 9.17) is 11.6 Å². The zero-order chi connectivity index (χ0) is 20.4. The van der Waals surface area contributed by atoms with Gasteiger partial charge in [0.05, 0.1) is 10.7 Å². The summed E-state index contributed by atoms with van der Waals surface area (Å²) in [5.41, 5.74) is 2.50. The Morgan fingerprint density at radius 3 is 2.93 bits per heavy atom. The Morgan fingerprint density at radius 2 is 2.17 bits per heavy atom. The summed E-state index contributed by atoms with van der Waals surface area (Å²) in [5.74, 6) is -0.686. The number of nitrogens with zero attached hydrogens (tertiary/aromatic N) is 3. The van der Waals surface area contributed by atoms with Crippen LogP contribution >= 0.6 is 23.7 Å². The van der Waals surface area contributed by atoms with Gasteiger partial charge in [-0.05, 0) is 55.4 Å². The quantitative estimate of drug-likeness (QED) is 0.606. The number of amides is 1. The van der Waals surface area contributed by atoms with E-state index in [9.17, 15) is 9.18 Å². The van der Waals surface area contributed by atoms with Crippen molar-refractivity contribution in [1.82, 2.24) is 18.8 Å². The maximum Gasteiger partial charge on any atom is 0.242 e. The third-order valence-electron chi connectivity index (χ3n) is 4.77. The van der Waals surface area contributed by atoms with Crippen molar-refractivity contribution in [2.75, 3.05) is 12.4 Å². The molecule has 1 aliphatic rings. The molecule has 2 N–H and O–H groups in total. The van der Waals surface area contributed by atoms with Crippen LogP contribution in [0.5, 0.6) is 0 Å². The highest BCUT2D eigenvalue weighted by molar-refractivity contribution is 7.95. The van der Waals surface area contributed by atoms with Crippen molar-refractivity contribution < 1.29 is 9.18 Å². The predicted molar refractivity (Wildman–Crippen MR) is 113 cm³/mol. The molecule has 0 bridgehead atoms. The summed E-state index contributed by atoms with van der Waals surface area (Å²) < 4.78 is 20.4. The number of aromatic nitrogens is 2. The number of carbonyl (C=O) groups excluding carboxylic acids is 1. The van der Waals surface area contributed by atoms with E-state index in [-0.39, 0.29) is 23.0 Å². The van der Waals surface area contributed by atoms with Crippen LogP contribution in [0.3, 0.4) is 0 Å². The second-order valence-corrected chi connectivity index (χ2v) is 8.12. The molecule has 1 fully saturated rings. The largest absolute Gasteiger partial charge is 0.325 e. The SMILES string of the molecule is CN1SNC(c2cccc(-n3cccn3)c2)CC1C(=O)Nc1ccc(F)c(Cl)c1. The smallest absolute Gasteiger partial charge is 0.242 e. The minimum absolute atomic E-state index is 0.0146. The molecule has 150 valence electrons. The Labute approximate surface area is 177 Å². The molecule has 0 spiro atoms. The number of nitrogens with one attached hydrogen (secondary N) is 2. The van der Waals surface area contributed by atoms with Gasteiger partial charge in [0.1, 0.15) is 11.9 Å². The van der Waals surface area contributed by atoms with E-state index in [1.807, 2.05) is 41.8 Å². The maximum absolute atomic E-state index is 13.4. The van der Waals surface area contributed by atoms with Gasteiger partial charge in [-0.1, -0.05) is 23.7 Å². The van der Waals surface area contributed by atoms with E-state index in [0.29, 0.717) is 12.1 Å². The summed E-state index contributed by atoms with van der Waals surface area (Å²) in [6.07, 6.45) is 4.20. The Hall–Kier alpha value is -2.39. The van der Waals surface area contributed by atoms with Crippen molar-refractivity contribution in [3.05, 3.63) is 77.3 Å². The molecule has 2 aromatic carbocycles. The highest BCUT2D eigenvalue weighted by Gasteiger charge is 2.33. The second-order valence-electron chi connectivity index (χ2n) is 6.72. The van der Waals surface area contributed by atoms with E-state index >= 15 is 0 Å². The number of halogens is 2. The first-order chi connectivity index (χ1) is 14.0. The van der Waals surface area contributed by atoms with Gasteiger partial charge >= 0.3 is 0 Å². The van der Waals surface area contributed by atoms with Gasteiger partial charge in [-0.3, -0.25) is 4.79 Å². The van der Waals surface area contributed by atoms with Gasteiger partial charge in [0.15, 0.2) is 0 Å². The second kappa shape index (κ2) is 8.54. The number of benzene rings is 2. The first-order valence-corrected chi connectivity index (χ1v) is 10.2. The summed E-state index contributed by atoms with van der Waals surface area (Å²) in [6.45, 7) is 0. The Kier molecular flexibility index (Phi) is 5.86. The van der Waals surface area contributed by atoms with Crippen LogP contribution in [0.15, 0.2) is 60.9 Å². The predicted octanol–water partition coefficient (Wildman–Crippen LogP) is 4.20. The fourth-order valence-corrected chi connectivity index (χ4v) is 4.23. The third kappa shape index (κ3) is 4.45. The number of anilines is 1. The molecule has 2 heterocycles. The topological polar surface area (TPSA) is 62.2 Å². The van der Waals surface area contributed by atoms with Crippen molar-refractivity contribution in [1.29, 1.82) is 0 Å². The minimum Gasteiger partial charge on any atom is -0.325 e. The van der Waals surface area contributed by atoms with Crippen LogP contribution in [0.2, 0.25) is 5.02 Å². The van der Waals surface area contributed by atoms with E-state index in [1.54, 1.807) is 10.9 Å². The van der Waals surface area contributed by atoms with E-state index in [2.05, 4.69) is 21.2 Å². The summed E-state index contributed by atoms with van der Waals surface area (Å²) in [6, 6.07) is 13.7. The van der Waals surface area contributed by atoms with Crippen molar-refractivity contribution in [3.8, 4) is 5.69 Å². The molecule has 1 aromatic heterocycles. The normalized spacial score (nSPS) is 19.8. The number of rotatable bonds is 4. The molecular weight excluding hydrogens is 413 g/mol. The van der Waals surface area contributed by atoms with Gasteiger partial charge in [0, 0.05) is 36.3 Å². The fraction of sp³-hybridized carbons (Fsp3) is 0.200. The third-order valence-corrected chi connectivity index (χ3v) is 5.99. The first kappa shape index (κ1) is 19.9. The van der Waals surface area contributed by atoms with Gasteiger partial charge in [0.25, 0.3) is 0 Å². The average Bonchev–Trinajstić information content (AvgIpc) is 3.26. The van der Waals surface area contributed by atoms with Gasteiger partial charge in [0.2, 0.25) is 5.91 Å². The maximum atomic E-state index is 13.4. The molecule has 29 heavy (non-hydrogen) atoms. The molecule has 4 rings (SSSR count). The standard InChI is InChI=1S/C20H19ClFN5OS/c1-26-19(20(28)24-14-6-7-17(22)16(21)11-14)12-18(25-29-26)13-4-2-5-15(10-13)27-9-3-8-23-27/h2-11,18-19,25H,12H2,1H3,(H,24,28). The minimum atomic E-state index is -0.517. The lowest BCUT2D eigenvalue weighted by Crippen LogP contribution is -2.46. The molecule has 2 atom stereocenters.